The SMILES string of the molecule is Cc1ncccc1CNC(=O)Nc1ccc(C(C)(C)C(F)(F)F)cc1. The van der Waals surface area contributed by atoms with Crippen LogP contribution in [0.1, 0.15) is 30.7 Å². The maximum atomic E-state index is 13.0. The van der Waals surface area contributed by atoms with Crippen LogP contribution in [0.5, 0.6) is 0 Å². The largest absolute Gasteiger partial charge is 0.397 e. The molecule has 0 fully saturated rings. The molecule has 1 heterocycles. The van der Waals surface area contributed by atoms with E-state index >= 15 is 0 Å². The van der Waals surface area contributed by atoms with Crippen LogP contribution in [0.15, 0.2) is 42.6 Å². The highest BCUT2D eigenvalue weighted by Crippen LogP contribution is 2.40. The Bertz CT molecular complexity index is 740. The summed E-state index contributed by atoms with van der Waals surface area (Å²) in [6.07, 6.45) is -2.68. The lowest BCUT2D eigenvalue weighted by Gasteiger charge is -2.28. The van der Waals surface area contributed by atoms with Gasteiger partial charge in [-0.05, 0) is 50.1 Å². The van der Waals surface area contributed by atoms with E-state index in [1.165, 1.54) is 24.3 Å². The first-order valence-electron chi connectivity index (χ1n) is 7.74. The molecule has 2 rings (SSSR count). The van der Waals surface area contributed by atoms with Gasteiger partial charge in [-0.1, -0.05) is 18.2 Å². The minimum Gasteiger partial charge on any atom is -0.334 e. The number of carbonyl (C=O) groups excluding carboxylic acids is 1. The van der Waals surface area contributed by atoms with E-state index in [-0.39, 0.29) is 5.56 Å². The predicted molar refractivity (Wildman–Crippen MR) is 90.4 cm³/mol. The standard InChI is InChI=1S/C18H20F3N3O/c1-12-13(5-4-10-22-12)11-23-16(25)24-15-8-6-14(7-9-15)17(2,3)18(19,20)21/h4-10H,11H2,1-3H3,(H2,23,24,25). The van der Waals surface area contributed by atoms with E-state index in [0.717, 1.165) is 25.1 Å². The van der Waals surface area contributed by atoms with Crippen LogP contribution in [-0.2, 0) is 12.0 Å². The monoisotopic (exact) mass is 351 g/mol. The van der Waals surface area contributed by atoms with Crippen molar-refractivity contribution in [1.82, 2.24) is 10.3 Å². The molecule has 2 aromatic rings. The quantitative estimate of drug-likeness (QED) is 0.849. The zero-order valence-electron chi connectivity index (χ0n) is 14.2. The third-order valence-corrected chi connectivity index (χ3v) is 4.13. The van der Waals surface area contributed by atoms with Crippen LogP contribution in [0.25, 0.3) is 0 Å². The summed E-state index contributed by atoms with van der Waals surface area (Å²) in [5.74, 6) is 0. The number of aryl methyl sites for hydroxylation is 1. The second kappa shape index (κ2) is 7.13. The fraction of sp³-hybridized carbons (Fsp3) is 0.333. The van der Waals surface area contributed by atoms with Crippen LogP contribution >= 0.6 is 0 Å². The number of hydrogen-bond acceptors (Lipinski definition) is 2. The molecule has 7 heteroatoms. The molecule has 2 N–H and O–H groups in total. The van der Waals surface area contributed by atoms with E-state index in [4.69, 9.17) is 0 Å². The second-order valence-electron chi connectivity index (χ2n) is 6.26. The van der Waals surface area contributed by atoms with Crippen LogP contribution < -0.4 is 10.6 Å². The summed E-state index contributed by atoms with van der Waals surface area (Å²) in [5.41, 5.74) is 0.312. The fourth-order valence-electron chi connectivity index (χ4n) is 2.19. The van der Waals surface area contributed by atoms with Gasteiger partial charge in [0.15, 0.2) is 0 Å². The van der Waals surface area contributed by atoms with Gasteiger partial charge in [-0.2, -0.15) is 13.2 Å². The van der Waals surface area contributed by atoms with Crippen LogP contribution in [-0.4, -0.2) is 17.2 Å². The summed E-state index contributed by atoms with van der Waals surface area (Å²) in [7, 11) is 0. The fourth-order valence-corrected chi connectivity index (χ4v) is 2.19. The number of carbonyl (C=O) groups is 1. The zero-order valence-corrected chi connectivity index (χ0v) is 14.2. The van der Waals surface area contributed by atoms with Gasteiger partial charge in [-0.3, -0.25) is 4.98 Å². The summed E-state index contributed by atoms with van der Waals surface area (Å²) in [4.78, 5) is 16.0. The number of rotatable bonds is 4. The molecule has 25 heavy (non-hydrogen) atoms. The number of alkyl halides is 3. The van der Waals surface area contributed by atoms with Gasteiger partial charge in [0.05, 0.1) is 5.41 Å². The topological polar surface area (TPSA) is 54.0 Å². The van der Waals surface area contributed by atoms with Crippen LogP contribution in [0.2, 0.25) is 0 Å². The smallest absolute Gasteiger partial charge is 0.334 e. The maximum absolute atomic E-state index is 13.0. The average Bonchev–Trinajstić information content (AvgIpc) is 2.53. The van der Waals surface area contributed by atoms with Gasteiger partial charge in [0.25, 0.3) is 0 Å². The molecule has 4 nitrogen and oxygen atoms in total. The summed E-state index contributed by atoms with van der Waals surface area (Å²) >= 11 is 0. The molecule has 0 saturated heterocycles. The Morgan fingerprint density at radius 3 is 2.32 bits per heavy atom. The molecule has 0 aliphatic carbocycles. The number of nitrogens with one attached hydrogen (secondary N) is 2. The molecular weight excluding hydrogens is 331 g/mol. The molecule has 0 atom stereocenters. The molecule has 0 unspecified atom stereocenters. The van der Waals surface area contributed by atoms with Crippen LogP contribution in [0.3, 0.4) is 0 Å². The molecular formula is C18H20F3N3O. The molecule has 0 aliphatic heterocycles. The first kappa shape index (κ1) is 18.8. The number of anilines is 1. The van der Waals surface area contributed by atoms with Gasteiger partial charge in [0.1, 0.15) is 0 Å². The van der Waals surface area contributed by atoms with Crippen molar-refractivity contribution in [3.63, 3.8) is 0 Å². The van der Waals surface area contributed by atoms with Gasteiger partial charge in [0.2, 0.25) is 0 Å². The number of nitrogens with zero attached hydrogens (tertiary/aromatic N) is 1. The normalized spacial score (nSPS) is 11.9. The van der Waals surface area contributed by atoms with E-state index in [2.05, 4.69) is 15.6 Å². The van der Waals surface area contributed by atoms with Crippen LogP contribution in [0, 0.1) is 6.92 Å². The van der Waals surface area contributed by atoms with E-state index in [1.807, 2.05) is 13.0 Å². The summed E-state index contributed by atoms with van der Waals surface area (Å²) in [5, 5.41) is 5.28. The molecule has 134 valence electrons. The summed E-state index contributed by atoms with van der Waals surface area (Å²) in [6, 6.07) is 8.85. The van der Waals surface area contributed by atoms with Crippen LogP contribution in [0.4, 0.5) is 23.7 Å². The van der Waals surface area contributed by atoms with Crippen molar-refractivity contribution in [3.05, 3.63) is 59.4 Å². The number of amides is 2. The van der Waals surface area contributed by atoms with Gasteiger partial charge in [-0.15, -0.1) is 0 Å². The third kappa shape index (κ3) is 4.49. The summed E-state index contributed by atoms with van der Waals surface area (Å²) in [6.45, 7) is 4.40. The highest BCUT2D eigenvalue weighted by atomic mass is 19.4. The van der Waals surface area contributed by atoms with Gasteiger partial charge >= 0.3 is 12.2 Å². The molecule has 0 radical (unpaired) electrons. The summed E-state index contributed by atoms with van der Waals surface area (Å²) < 4.78 is 39.1. The van der Waals surface area contributed by atoms with E-state index in [0.29, 0.717) is 12.2 Å². The molecule has 1 aromatic carbocycles. The minimum atomic E-state index is -4.35. The first-order chi connectivity index (χ1) is 11.6. The third-order valence-electron chi connectivity index (χ3n) is 4.13. The van der Waals surface area contributed by atoms with Crippen molar-refractivity contribution in [2.75, 3.05) is 5.32 Å². The highest BCUT2D eigenvalue weighted by Gasteiger charge is 2.48. The molecule has 0 saturated carbocycles. The number of benzene rings is 1. The highest BCUT2D eigenvalue weighted by molar-refractivity contribution is 5.89. The van der Waals surface area contributed by atoms with Crippen molar-refractivity contribution in [3.8, 4) is 0 Å². The number of halogens is 3. The van der Waals surface area contributed by atoms with Crippen molar-refractivity contribution >= 4 is 11.7 Å². The Labute approximate surface area is 144 Å². The Hall–Kier alpha value is -2.57. The number of aromatic nitrogens is 1. The number of urea groups is 1. The van der Waals surface area contributed by atoms with Crippen molar-refractivity contribution in [2.24, 2.45) is 0 Å². The first-order valence-corrected chi connectivity index (χ1v) is 7.74. The van der Waals surface area contributed by atoms with E-state index < -0.39 is 17.6 Å². The molecule has 0 aliphatic rings. The van der Waals surface area contributed by atoms with E-state index in [9.17, 15) is 18.0 Å². The second-order valence-corrected chi connectivity index (χ2v) is 6.26. The Balaban J connectivity index is 1.97. The minimum absolute atomic E-state index is 0.136. The van der Waals surface area contributed by atoms with Gasteiger partial charge < -0.3 is 10.6 Å². The Kier molecular flexibility index (Phi) is 5.35. The number of hydrogen-bond donors (Lipinski definition) is 2. The van der Waals surface area contributed by atoms with E-state index in [1.54, 1.807) is 12.3 Å². The predicted octanol–water partition coefficient (Wildman–Crippen LogP) is 4.55. The molecule has 0 bridgehead atoms. The van der Waals surface area contributed by atoms with Gasteiger partial charge in [-0.25, -0.2) is 4.79 Å². The lowest BCUT2D eigenvalue weighted by atomic mass is 9.84. The lowest BCUT2D eigenvalue weighted by molar-refractivity contribution is -0.180. The zero-order chi connectivity index (χ0) is 18.7. The molecule has 2 amide bonds. The average molecular weight is 351 g/mol. The molecule has 0 spiro atoms. The Morgan fingerprint density at radius 1 is 1.12 bits per heavy atom. The van der Waals surface area contributed by atoms with Crippen molar-refractivity contribution < 1.29 is 18.0 Å². The maximum Gasteiger partial charge on any atom is 0.397 e. The number of pyridine rings is 1. The van der Waals surface area contributed by atoms with Gasteiger partial charge in [0, 0.05) is 24.1 Å². The van der Waals surface area contributed by atoms with Crippen molar-refractivity contribution in [1.29, 1.82) is 0 Å². The van der Waals surface area contributed by atoms with Crippen molar-refractivity contribution in [2.45, 2.75) is 38.9 Å². The molecule has 1 aromatic heterocycles. The lowest BCUT2D eigenvalue weighted by Crippen LogP contribution is -2.36. The Morgan fingerprint density at radius 2 is 1.76 bits per heavy atom.